The van der Waals surface area contributed by atoms with Gasteiger partial charge in [-0.25, -0.2) is 9.59 Å². The van der Waals surface area contributed by atoms with Gasteiger partial charge in [0, 0.05) is 60.0 Å². The Morgan fingerprint density at radius 3 is 1.20 bits per heavy atom. The van der Waals surface area contributed by atoms with Crippen molar-refractivity contribution in [2.24, 2.45) is 0 Å². The number of nitrogens with zero attached hydrogens (tertiary/aromatic N) is 2. The maximum absolute atomic E-state index is 14.0. The molecule has 2 aliphatic heterocycles. The van der Waals surface area contributed by atoms with Gasteiger partial charge in [-0.1, -0.05) is 214 Å². The van der Waals surface area contributed by atoms with Crippen LogP contribution in [-0.4, -0.2) is 123 Å². The summed E-state index contributed by atoms with van der Waals surface area (Å²) in [5.74, 6) is -0.497. The molecule has 0 saturated carbocycles. The van der Waals surface area contributed by atoms with E-state index in [1.54, 1.807) is 6.92 Å². The van der Waals surface area contributed by atoms with E-state index in [4.69, 9.17) is 32.5 Å². The van der Waals surface area contributed by atoms with Crippen molar-refractivity contribution in [3.63, 3.8) is 0 Å². The Hall–Kier alpha value is -3.69. The smallest absolute Gasteiger partial charge is 0.340 e. The molecule has 4 aromatic rings. The summed E-state index contributed by atoms with van der Waals surface area (Å²) in [6, 6.07) is 41.0. The van der Waals surface area contributed by atoms with E-state index < -0.39 is 53.1 Å². The minimum Gasteiger partial charge on any atom is -0.467 e. The van der Waals surface area contributed by atoms with Crippen molar-refractivity contribution in [3.8, 4) is 0 Å². The Morgan fingerprint density at radius 1 is 0.529 bits per heavy atom. The van der Waals surface area contributed by atoms with Gasteiger partial charge in [-0.15, -0.1) is 0 Å². The fourth-order valence-electron chi connectivity index (χ4n) is 12.7. The molecular formula is C82H140N2O12P2Si4. The first kappa shape index (κ1) is 92.5. The van der Waals surface area contributed by atoms with Crippen LogP contribution in [0.5, 0.6) is 0 Å². The molecule has 0 bridgehead atoms. The zero-order valence-electron chi connectivity index (χ0n) is 68.5. The number of piperidine rings is 2. The summed E-state index contributed by atoms with van der Waals surface area (Å²) in [6.45, 7) is 62.3. The van der Waals surface area contributed by atoms with Crippen molar-refractivity contribution < 1.29 is 56.0 Å². The standard InChI is InChI=1S/C41H70NO6PSi2.C28H54NO4PSi2.C8H8.C5H8O2/c1-33(35-22-20-34(21-23-35)32-49(44,46-26-28-50(8,9)10)47-27-29-51(11,12)13)30-37(36-18-15-14-16-19-36)31-41(6,38(43)45-7)48-42-39(2,3)24-17-25-40(42,4)5;1-24(33-29-27(2,3)17-12-18-28(29,4)5)26-15-13-25(14-16-26)23-34(30,31-19-21-35(6,7)8)32-20-22-36(9,10)11;1-2-8-6-4-3-5-7-8;1-4(2)5(6)7-3/h14-16,18-23,33,37H,17,24-32H2,1-13H3;13-16,24H,12,17-23H2,1-11H3;2-7H,1H2;1H2,2-3H3. The molecule has 6 rings (SSSR count). The number of hydrogen-bond donors (Lipinski definition) is 0. The van der Waals surface area contributed by atoms with Crippen molar-refractivity contribution >= 4 is 65.5 Å². The number of esters is 2. The normalized spacial score (nSPS) is 17.8. The first-order valence-corrected chi connectivity index (χ1v) is 55.6. The molecule has 4 aromatic carbocycles. The van der Waals surface area contributed by atoms with Gasteiger partial charge in [0.1, 0.15) is 6.10 Å². The van der Waals surface area contributed by atoms with Crippen molar-refractivity contribution in [2.45, 2.75) is 295 Å². The Kier molecular flexibility index (Phi) is 36.7. The predicted octanol–water partition coefficient (Wildman–Crippen LogP) is 23.9. The van der Waals surface area contributed by atoms with Gasteiger partial charge in [0.15, 0.2) is 5.60 Å². The molecule has 20 heteroatoms. The summed E-state index contributed by atoms with van der Waals surface area (Å²) >= 11 is 0. The molecule has 4 atom stereocenters. The number of hydrogen-bond acceptors (Lipinski definition) is 14. The summed E-state index contributed by atoms with van der Waals surface area (Å²) in [5, 5.41) is 4.29. The number of carbonyl (C=O) groups excluding carboxylic acids is 2. The number of hydroxylamine groups is 4. The van der Waals surface area contributed by atoms with Crippen molar-refractivity contribution in [2.75, 3.05) is 40.6 Å². The number of ether oxygens (including phenoxy) is 2. The summed E-state index contributed by atoms with van der Waals surface area (Å²) in [6.07, 6.45) is 10.2. The third-order valence-electron chi connectivity index (χ3n) is 19.0. The lowest BCUT2D eigenvalue weighted by atomic mass is 9.79. The van der Waals surface area contributed by atoms with E-state index in [0.29, 0.717) is 44.6 Å². The summed E-state index contributed by atoms with van der Waals surface area (Å²) in [4.78, 5) is 37.2. The van der Waals surface area contributed by atoms with Gasteiger partial charge in [0.2, 0.25) is 0 Å². The zero-order chi connectivity index (χ0) is 77.4. The summed E-state index contributed by atoms with van der Waals surface area (Å²) in [7, 11) is -8.99. The van der Waals surface area contributed by atoms with Crippen molar-refractivity contribution in [1.29, 1.82) is 0 Å². The van der Waals surface area contributed by atoms with E-state index in [1.165, 1.54) is 37.3 Å². The Bertz CT molecular complexity index is 3190. The topological polar surface area (TPSA) is 149 Å². The van der Waals surface area contributed by atoms with Crippen LogP contribution in [0.3, 0.4) is 0 Å². The van der Waals surface area contributed by atoms with Crippen LogP contribution in [0.25, 0.3) is 6.08 Å². The second-order valence-corrected chi connectivity index (χ2v) is 62.6. The molecule has 0 N–H and O–H groups in total. The second kappa shape index (κ2) is 40.5. The fourth-order valence-corrected chi connectivity index (χ4v) is 19.5. The lowest BCUT2D eigenvalue weighted by molar-refractivity contribution is -0.329. The van der Waals surface area contributed by atoms with Crippen LogP contribution in [0.2, 0.25) is 103 Å². The molecule has 0 aliphatic carbocycles. The minimum atomic E-state index is -3.30. The molecule has 0 aromatic heterocycles. The largest absolute Gasteiger partial charge is 0.467 e. The number of benzene rings is 4. The summed E-state index contributed by atoms with van der Waals surface area (Å²) < 4.78 is 61.7. The highest BCUT2D eigenvalue weighted by molar-refractivity contribution is 7.53. The molecule has 4 unspecified atom stereocenters. The molecule has 0 amide bonds. The van der Waals surface area contributed by atoms with E-state index >= 15 is 0 Å². The van der Waals surface area contributed by atoms with E-state index in [0.717, 1.165) is 79.4 Å². The van der Waals surface area contributed by atoms with Crippen molar-refractivity contribution in [3.05, 3.63) is 161 Å². The van der Waals surface area contributed by atoms with Crippen LogP contribution in [0.1, 0.15) is 186 Å². The second-order valence-electron chi connectivity index (χ2n) is 36.0. The van der Waals surface area contributed by atoms with Gasteiger partial charge in [0.05, 0.1) is 53.0 Å². The predicted molar refractivity (Wildman–Crippen MR) is 441 cm³/mol. The number of rotatable bonds is 34. The highest BCUT2D eigenvalue weighted by atomic mass is 31.2. The molecule has 102 heavy (non-hydrogen) atoms. The first-order chi connectivity index (χ1) is 46.9. The quantitative estimate of drug-likeness (QED) is 0.0189. The molecule has 2 heterocycles. The van der Waals surface area contributed by atoms with Gasteiger partial charge >= 0.3 is 27.1 Å². The van der Waals surface area contributed by atoms with E-state index in [1.807, 2.05) is 49.4 Å². The van der Waals surface area contributed by atoms with Gasteiger partial charge in [-0.3, -0.25) is 18.8 Å². The third kappa shape index (κ3) is 34.0. The highest BCUT2D eigenvalue weighted by Crippen LogP contribution is 2.54. The number of carbonyl (C=O) groups is 2. The van der Waals surface area contributed by atoms with Gasteiger partial charge in [-0.2, -0.15) is 10.1 Å². The van der Waals surface area contributed by atoms with Gasteiger partial charge in [0.25, 0.3) is 0 Å². The zero-order valence-corrected chi connectivity index (χ0v) is 74.3. The van der Waals surface area contributed by atoms with Crippen LogP contribution < -0.4 is 0 Å². The molecule has 14 nitrogen and oxygen atoms in total. The number of methoxy groups -OCH3 is 2. The molecule has 0 spiro atoms. The van der Waals surface area contributed by atoms with Gasteiger partial charge in [-0.05, 0) is 197 Å². The molecule has 2 aliphatic rings. The highest BCUT2D eigenvalue weighted by Gasteiger charge is 2.50. The van der Waals surface area contributed by atoms with Crippen LogP contribution >= 0.6 is 15.2 Å². The molecular weight excluding hydrogens is 1380 g/mol. The molecule has 2 saturated heterocycles. The average Bonchev–Trinajstić information content (AvgIpc) is 0.762. The fraction of sp³-hybridized carbons (Fsp3) is 0.634. The van der Waals surface area contributed by atoms with Gasteiger partial charge < -0.3 is 27.6 Å². The average molecular weight is 1520 g/mol. The maximum Gasteiger partial charge on any atom is 0.340 e. The Labute approximate surface area is 625 Å². The van der Waals surface area contributed by atoms with E-state index in [-0.39, 0.29) is 58.2 Å². The lowest BCUT2D eigenvalue weighted by Crippen LogP contribution is -2.62. The SMILES string of the molecule is C=C(C)C(=O)OC.C=Cc1ccccc1.CC(ON1C(C)(C)CCCC1(C)C)c1ccc(CP(=O)(OCC[Si](C)(C)C)OCC[Si](C)(C)C)cc1.COC(=O)C(C)(CC(CC(C)c1ccc(CP(=O)(OCC[Si](C)(C)C)OCC[Si](C)(C)C)cc1)c1ccccc1)ON1C(C)(C)CCCC1(C)C. The lowest BCUT2D eigenvalue weighted by Gasteiger charge is -2.53. The van der Waals surface area contributed by atoms with E-state index in [9.17, 15) is 18.7 Å². The van der Waals surface area contributed by atoms with Crippen LogP contribution in [0, 0.1) is 0 Å². The third-order valence-corrected chi connectivity index (χ3v) is 29.6. The maximum atomic E-state index is 14.0. The van der Waals surface area contributed by atoms with Crippen LogP contribution in [0.15, 0.2) is 128 Å². The van der Waals surface area contributed by atoms with E-state index in [2.05, 4.69) is 249 Å². The molecule has 576 valence electrons. The minimum absolute atomic E-state index is 0.00307. The molecule has 0 radical (unpaired) electrons. The monoisotopic (exact) mass is 1520 g/mol. The molecule has 2 fully saturated rings. The Morgan fingerprint density at radius 2 is 0.882 bits per heavy atom. The summed E-state index contributed by atoms with van der Waals surface area (Å²) in [5.41, 5.74) is 5.38. The van der Waals surface area contributed by atoms with Crippen molar-refractivity contribution in [1.82, 2.24) is 10.1 Å². The van der Waals surface area contributed by atoms with Crippen LogP contribution in [-0.2, 0) is 68.3 Å². The van der Waals surface area contributed by atoms with Crippen LogP contribution in [0.4, 0.5) is 0 Å². The first-order valence-electron chi connectivity index (χ1n) is 37.4. The Balaban J connectivity index is 0.000000455.